The molecule has 2 aromatic rings. The van der Waals surface area contributed by atoms with E-state index in [1.54, 1.807) is 0 Å². The van der Waals surface area contributed by atoms with Gasteiger partial charge < -0.3 is 5.73 Å². The number of hydrogen-bond donors (Lipinski definition) is 1. The van der Waals surface area contributed by atoms with E-state index in [1.165, 1.54) is 35.0 Å². The second-order valence-electron chi connectivity index (χ2n) is 5.75. The Hall–Kier alpha value is -0.900. The van der Waals surface area contributed by atoms with Crippen molar-refractivity contribution in [1.29, 1.82) is 0 Å². The predicted molar refractivity (Wildman–Crippen MR) is 83.5 cm³/mol. The normalized spacial score (nSPS) is 22.7. The molecule has 3 rings (SSSR count). The van der Waals surface area contributed by atoms with E-state index in [9.17, 15) is 0 Å². The van der Waals surface area contributed by atoms with Gasteiger partial charge >= 0.3 is 0 Å². The first-order valence-electron chi connectivity index (χ1n) is 7.17. The van der Waals surface area contributed by atoms with Gasteiger partial charge in [0.15, 0.2) is 0 Å². The number of hydrogen-bond acceptors (Lipinski definition) is 3. The molecule has 1 aromatic heterocycles. The molecule has 1 saturated heterocycles. The molecule has 0 aliphatic carbocycles. The van der Waals surface area contributed by atoms with Crippen LogP contribution in [0.4, 0.5) is 0 Å². The monoisotopic (exact) mass is 274 g/mol. The van der Waals surface area contributed by atoms with Crippen LogP contribution in [0, 0.1) is 5.92 Å². The molecule has 1 fully saturated rings. The van der Waals surface area contributed by atoms with E-state index >= 15 is 0 Å². The number of benzene rings is 1. The van der Waals surface area contributed by atoms with Crippen molar-refractivity contribution in [3.05, 3.63) is 35.2 Å². The molecule has 0 unspecified atom stereocenters. The number of thiophene rings is 1. The zero-order valence-electron chi connectivity index (χ0n) is 11.5. The van der Waals surface area contributed by atoms with E-state index in [2.05, 4.69) is 41.5 Å². The Morgan fingerprint density at radius 3 is 3.11 bits per heavy atom. The van der Waals surface area contributed by atoms with Crippen LogP contribution in [0.15, 0.2) is 29.6 Å². The van der Waals surface area contributed by atoms with Gasteiger partial charge in [-0.15, -0.1) is 11.3 Å². The quantitative estimate of drug-likeness (QED) is 0.928. The molecule has 2 N–H and O–H groups in total. The smallest absolute Gasteiger partial charge is 0.0346 e. The van der Waals surface area contributed by atoms with E-state index < -0.39 is 0 Å². The van der Waals surface area contributed by atoms with E-state index in [0.717, 1.165) is 13.1 Å². The second-order valence-corrected chi connectivity index (χ2v) is 6.66. The third-order valence-corrected chi connectivity index (χ3v) is 5.25. The molecule has 0 saturated carbocycles. The van der Waals surface area contributed by atoms with E-state index in [0.29, 0.717) is 12.0 Å². The van der Waals surface area contributed by atoms with Crippen LogP contribution in [0.3, 0.4) is 0 Å². The summed E-state index contributed by atoms with van der Waals surface area (Å²) in [6.07, 6.45) is 2.58. The average molecular weight is 274 g/mol. The first-order valence-corrected chi connectivity index (χ1v) is 8.05. The lowest BCUT2D eigenvalue weighted by Gasteiger charge is -2.34. The van der Waals surface area contributed by atoms with Gasteiger partial charge in [0, 0.05) is 23.8 Å². The Kier molecular flexibility index (Phi) is 3.87. The minimum absolute atomic E-state index is 0.321. The molecule has 19 heavy (non-hydrogen) atoms. The number of fused-ring (bicyclic) bond motifs is 1. The van der Waals surface area contributed by atoms with Crippen LogP contribution in [-0.4, -0.2) is 24.0 Å². The van der Waals surface area contributed by atoms with Crippen LogP contribution in [0.25, 0.3) is 10.1 Å². The maximum Gasteiger partial charge on any atom is 0.0346 e. The Bertz CT molecular complexity index is 546. The fourth-order valence-corrected chi connectivity index (χ4v) is 4.01. The molecular weight excluding hydrogens is 252 g/mol. The summed E-state index contributed by atoms with van der Waals surface area (Å²) in [5, 5.41) is 3.75. The van der Waals surface area contributed by atoms with Crippen molar-refractivity contribution in [2.24, 2.45) is 11.7 Å². The molecule has 1 aromatic carbocycles. The molecule has 102 valence electrons. The lowest BCUT2D eigenvalue weighted by molar-refractivity contribution is 0.155. The minimum atomic E-state index is 0.321. The Morgan fingerprint density at radius 2 is 2.26 bits per heavy atom. The maximum atomic E-state index is 6.07. The molecular formula is C16H22N2S. The fourth-order valence-electron chi connectivity index (χ4n) is 3.06. The summed E-state index contributed by atoms with van der Waals surface area (Å²) >= 11 is 1.86. The Balaban J connectivity index is 1.74. The number of nitrogens with two attached hydrogens (primary N) is 1. The van der Waals surface area contributed by atoms with E-state index in [4.69, 9.17) is 5.73 Å². The highest BCUT2D eigenvalue weighted by Crippen LogP contribution is 2.28. The van der Waals surface area contributed by atoms with Crippen molar-refractivity contribution in [2.45, 2.75) is 32.4 Å². The van der Waals surface area contributed by atoms with Crippen molar-refractivity contribution in [2.75, 3.05) is 13.1 Å². The standard InChI is InChI=1S/C16H22N2S/c1-12(17)13-5-4-8-18(9-13)10-14-11-19-16-7-3-2-6-15(14)16/h2-3,6-7,11-13H,4-5,8-10,17H2,1H3/t12-,13+/m1/s1. The fraction of sp³-hybridized carbons (Fsp3) is 0.500. The van der Waals surface area contributed by atoms with Gasteiger partial charge in [-0.2, -0.15) is 0 Å². The number of piperidine rings is 1. The molecule has 0 radical (unpaired) electrons. The highest BCUT2D eigenvalue weighted by atomic mass is 32.1. The first kappa shape index (κ1) is 13.1. The number of likely N-dealkylation sites (tertiary alicyclic amines) is 1. The van der Waals surface area contributed by atoms with Crippen LogP contribution in [-0.2, 0) is 6.54 Å². The van der Waals surface area contributed by atoms with Crippen molar-refractivity contribution >= 4 is 21.4 Å². The SMILES string of the molecule is C[C@@H](N)[C@H]1CCCN(Cc2csc3ccccc23)C1. The van der Waals surface area contributed by atoms with Gasteiger partial charge in [0.1, 0.15) is 0 Å². The first-order chi connectivity index (χ1) is 9.24. The van der Waals surface area contributed by atoms with Gasteiger partial charge in [0.25, 0.3) is 0 Å². The van der Waals surface area contributed by atoms with E-state index in [-0.39, 0.29) is 0 Å². The van der Waals surface area contributed by atoms with Crippen molar-refractivity contribution in [1.82, 2.24) is 4.90 Å². The molecule has 0 spiro atoms. The summed E-state index contributed by atoms with van der Waals surface area (Å²) in [5.74, 6) is 0.665. The third kappa shape index (κ3) is 2.83. The maximum absolute atomic E-state index is 6.07. The molecule has 1 aliphatic heterocycles. The van der Waals surface area contributed by atoms with Crippen LogP contribution in [0.2, 0.25) is 0 Å². The molecule has 2 atom stereocenters. The van der Waals surface area contributed by atoms with Gasteiger partial charge in [-0.1, -0.05) is 18.2 Å². The van der Waals surface area contributed by atoms with Crippen LogP contribution >= 0.6 is 11.3 Å². The van der Waals surface area contributed by atoms with Crippen molar-refractivity contribution in [3.63, 3.8) is 0 Å². The number of nitrogens with zero attached hydrogens (tertiary/aromatic N) is 1. The highest BCUT2D eigenvalue weighted by Gasteiger charge is 2.23. The molecule has 2 nitrogen and oxygen atoms in total. The molecule has 2 heterocycles. The van der Waals surface area contributed by atoms with Gasteiger partial charge in [0.05, 0.1) is 0 Å². The lowest BCUT2D eigenvalue weighted by Crippen LogP contribution is -2.41. The third-order valence-electron chi connectivity index (χ3n) is 4.24. The van der Waals surface area contributed by atoms with Crippen LogP contribution in [0.1, 0.15) is 25.3 Å². The molecule has 0 bridgehead atoms. The van der Waals surface area contributed by atoms with Gasteiger partial charge in [0.2, 0.25) is 0 Å². The van der Waals surface area contributed by atoms with Crippen molar-refractivity contribution in [3.8, 4) is 0 Å². The summed E-state index contributed by atoms with van der Waals surface area (Å²) < 4.78 is 1.40. The average Bonchev–Trinajstić information content (AvgIpc) is 2.83. The zero-order chi connectivity index (χ0) is 13.2. The zero-order valence-corrected chi connectivity index (χ0v) is 12.3. The van der Waals surface area contributed by atoms with Gasteiger partial charge in [-0.3, -0.25) is 4.90 Å². The Morgan fingerprint density at radius 1 is 1.42 bits per heavy atom. The summed E-state index contributed by atoms with van der Waals surface area (Å²) in [6.45, 7) is 5.59. The predicted octanol–water partition coefficient (Wildman–Crippen LogP) is 3.46. The van der Waals surface area contributed by atoms with Gasteiger partial charge in [-0.25, -0.2) is 0 Å². The summed E-state index contributed by atoms with van der Waals surface area (Å²) in [7, 11) is 0. The van der Waals surface area contributed by atoms with E-state index in [1.807, 2.05) is 11.3 Å². The highest BCUT2D eigenvalue weighted by molar-refractivity contribution is 7.17. The largest absolute Gasteiger partial charge is 0.328 e. The summed E-state index contributed by atoms with van der Waals surface area (Å²) in [4.78, 5) is 2.58. The molecule has 0 amide bonds. The van der Waals surface area contributed by atoms with Gasteiger partial charge in [-0.05, 0) is 54.6 Å². The minimum Gasteiger partial charge on any atom is -0.328 e. The number of rotatable bonds is 3. The summed E-state index contributed by atoms with van der Waals surface area (Å²) in [5.41, 5.74) is 7.55. The second kappa shape index (κ2) is 5.61. The topological polar surface area (TPSA) is 29.3 Å². The molecule has 3 heteroatoms. The molecule has 1 aliphatic rings. The van der Waals surface area contributed by atoms with Crippen LogP contribution in [0.5, 0.6) is 0 Å². The van der Waals surface area contributed by atoms with Crippen LogP contribution < -0.4 is 5.73 Å². The van der Waals surface area contributed by atoms with Crippen molar-refractivity contribution < 1.29 is 0 Å². The lowest BCUT2D eigenvalue weighted by atomic mass is 9.92. The Labute approximate surface area is 119 Å². The summed E-state index contributed by atoms with van der Waals surface area (Å²) in [6, 6.07) is 9.04.